The molecule has 0 saturated carbocycles. The van der Waals surface area contributed by atoms with Crippen LogP contribution in [0.1, 0.15) is 200 Å². The van der Waals surface area contributed by atoms with E-state index in [9.17, 15) is 0 Å². The maximum absolute atomic E-state index is 2.63. The van der Waals surface area contributed by atoms with Crippen molar-refractivity contribution in [3.8, 4) is 0 Å². The molecule has 0 rings (SSSR count). The van der Waals surface area contributed by atoms with Gasteiger partial charge in [-0.1, -0.05) is 151 Å². The van der Waals surface area contributed by atoms with Crippen molar-refractivity contribution in [1.29, 1.82) is 0 Å². The average Bonchev–Trinajstić information content (AvgIpc) is 3.03. The molecule has 0 aliphatic rings. The Kier molecular flexibility index (Phi) is 37.7. The van der Waals surface area contributed by atoms with Gasteiger partial charge in [0.15, 0.2) is 0 Å². The average molecular weight is 624 g/mol. The molecule has 262 valence electrons. The predicted octanol–water partition coefficient (Wildman–Crippen LogP) is 15.1. The minimum absolute atomic E-state index is 1.12. The first-order valence-electron chi connectivity index (χ1n) is 20.1. The minimum Gasteiger partial charge on any atom is -0.309 e. The second kappa shape index (κ2) is 38.8. The van der Waals surface area contributed by atoms with Crippen LogP contribution in [-0.2, 0) is 0 Å². The van der Waals surface area contributed by atoms with Crippen LogP contribution in [-0.4, -0.2) is 25.5 Å². The van der Waals surface area contributed by atoms with Crippen LogP contribution < -0.4 is 0 Å². The molecule has 0 heterocycles. The number of hydrogen-bond donors (Lipinski definition) is 0. The van der Waals surface area contributed by atoms with E-state index in [1.54, 1.807) is 5.57 Å². The summed E-state index contributed by atoms with van der Waals surface area (Å²) in [6.45, 7) is 5.77. The smallest absolute Gasteiger partial charge is 0.00247 e. The third-order valence-electron chi connectivity index (χ3n) is 8.89. The number of rotatable bonds is 35. The lowest BCUT2D eigenvalue weighted by Gasteiger charge is -2.10. The fourth-order valence-electron chi connectivity index (χ4n) is 5.89. The molecule has 1 nitrogen and oxygen atoms in total. The summed E-state index contributed by atoms with van der Waals surface area (Å²) in [5.74, 6) is 0. The SMILES string of the molecule is CCCCCC=CCC=CCCCCCCCCC(=CCCCCN(C)C)CCCCCCCC/C=C\C/C=C\CCCCC. The first-order valence-corrected chi connectivity index (χ1v) is 20.1. The molecule has 45 heavy (non-hydrogen) atoms. The largest absolute Gasteiger partial charge is 0.309 e. The molecule has 0 aromatic heterocycles. The molecule has 0 bridgehead atoms. The molecule has 0 aromatic carbocycles. The van der Waals surface area contributed by atoms with E-state index in [-0.39, 0.29) is 0 Å². The maximum atomic E-state index is 2.63. The summed E-state index contributed by atoms with van der Waals surface area (Å²) in [5, 5.41) is 0. The Balaban J connectivity index is 3.94. The highest BCUT2D eigenvalue weighted by Gasteiger charge is 2.01. The molecule has 1 heteroatoms. The second-order valence-electron chi connectivity index (χ2n) is 13.8. The van der Waals surface area contributed by atoms with Crippen molar-refractivity contribution < 1.29 is 0 Å². The predicted molar refractivity (Wildman–Crippen MR) is 208 cm³/mol. The fourth-order valence-corrected chi connectivity index (χ4v) is 5.89. The van der Waals surface area contributed by atoms with Crippen LogP contribution in [0.25, 0.3) is 0 Å². The van der Waals surface area contributed by atoms with E-state index in [2.05, 4.69) is 87.5 Å². The lowest BCUT2D eigenvalue weighted by molar-refractivity contribution is 0.395. The molecule has 0 aliphatic carbocycles. The highest BCUT2D eigenvalue weighted by molar-refractivity contribution is 5.02. The summed E-state index contributed by atoms with van der Waals surface area (Å²) in [5.41, 5.74) is 1.77. The monoisotopic (exact) mass is 624 g/mol. The highest BCUT2D eigenvalue weighted by Crippen LogP contribution is 2.20. The Morgan fingerprint density at radius 2 is 0.733 bits per heavy atom. The summed E-state index contributed by atoms with van der Waals surface area (Å²) in [6, 6.07) is 0. The maximum Gasteiger partial charge on any atom is -0.00247 e. The molecule has 0 N–H and O–H groups in total. The van der Waals surface area contributed by atoms with E-state index >= 15 is 0 Å². The Morgan fingerprint density at radius 3 is 1.13 bits per heavy atom. The van der Waals surface area contributed by atoms with E-state index in [4.69, 9.17) is 0 Å². The number of allylic oxidation sites excluding steroid dienone is 10. The molecule has 0 atom stereocenters. The van der Waals surface area contributed by atoms with Crippen LogP contribution in [0.4, 0.5) is 0 Å². The van der Waals surface area contributed by atoms with Crippen molar-refractivity contribution in [3.05, 3.63) is 60.3 Å². The number of hydrogen-bond acceptors (Lipinski definition) is 1. The Morgan fingerprint density at radius 1 is 0.378 bits per heavy atom. The molecule has 0 radical (unpaired) electrons. The van der Waals surface area contributed by atoms with E-state index in [0.717, 1.165) is 12.8 Å². The van der Waals surface area contributed by atoms with Crippen molar-refractivity contribution in [2.75, 3.05) is 20.6 Å². The summed E-state index contributed by atoms with van der Waals surface area (Å²) in [7, 11) is 4.39. The van der Waals surface area contributed by atoms with Crippen LogP contribution in [0.2, 0.25) is 0 Å². The van der Waals surface area contributed by atoms with Gasteiger partial charge in [-0.3, -0.25) is 0 Å². The van der Waals surface area contributed by atoms with Crippen molar-refractivity contribution in [1.82, 2.24) is 4.90 Å². The molecule has 0 aliphatic heterocycles. The summed E-state index contributed by atoms with van der Waals surface area (Å²) in [4.78, 5) is 2.32. The fraction of sp³-hybridized carbons (Fsp3) is 0.773. The van der Waals surface area contributed by atoms with Gasteiger partial charge in [0.2, 0.25) is 0 Å². The van der Waals surface area contributed by atoms with Crippen molar-refractivity contribution in [3.63, 3.8) is 0 Å². The van der Waals surface area contributed by atoms with Gasteiger partial charge in [0, 0.05) is 0 Å². The Bertz CT molecular complexity index is 656. The molecular weight excluding hydrogens is 542 g/mol. The molecular formula is C44H81N. The van der Waals surface area contributed by atoms with Crippen LogP contribution in [0, 0.1) is 0 Å². The van der Waals surface area contributed by atoms with Gasteiger partial charge in [-0.25, -0.2) is 0 Å². The molecule has 0 amide bonds. The van der Waals surface area contributed by atoms with E-state index < -0.39 is 0 Å². The zero-order valence-corrected chi connectivity index (χ0v) is 31.4. The lowest BCUT2D eigenvalue weighted by atomic mass is 9.98. The van der Waals surface area contributed by atoms with Gasteiger partial charge in [-0.15, -0.1) is 0 Å². The zero-order valence-electron chi connectivity index (χ0n) is 31.4. The van der Waals surface area contributed by atoms with Gasteiger partial charge < -0.3 is 4.90 Å². The van der Waals surface area contributed by atoms with Crippen LogP contribution in [0.15, 0.2) is 60.3 Å². The van der Waals surface area contributed by atoms with E-state index in [1.807, 2.05) is 0 Å². The first kappa shape index (κ1) is 43.7. The van der Waals surface area contributed by atoms with Gasteiger partial charge in [0.25, 0.3) is 0 Å². The van der Waals surface area contributed by atoms with Gasteiger partial charge in [-0.05, 0) is 130 Å². The Labute approximate surface area is 285 Å². The first-order chi connectivity index (χ1) is 22.2. The summed E-state index contributed by atoms with van der Waals surface area (Å²) in [6.07, 6.45) is 60.4. The van der Waals surface area contributed by atoms with Gasteiger partial charge in [-0.2, -0.15) is 0 Å². The molecule has 0 saturated heterocycles. The number of nitrogens with zero attached hydrogens (tertiary/aromatic N) is 1. The van der Waals surface area contributed by atoms with Gasteiger partial charge in [0.1, 0.15) is 0 Å². The highest BCUT2D eigenvalue weighted by atomic mass is 15.0. The molecule has 0 fully saturated rings. The van der Waals surface area contributed by atoms with Crippen LogP contribution in [0.5, 0.6) is 0 Å². The molecule has 0 aromatic rings. The van der Waals surface area contributed by atoms with Crippen LogP contribution in [0.3, 0.4) is 0 Å². The normalized spacial score (nSPS) is 12.9. The third kappa shape index (κ3) is 38.8. The summed E-state index contributed by atoms with van der Waals surface area (Å²) < 4.78 is 0. The van der Waals surface area contributed by atoms with Crippen LogP contribution >= 0.6 is 0 Å². The zero-order chi connectivity index (χ0) is 32.7. The summed E-state index contributed by atoms with van der Waals surface area (Å²) >= 11 is 0. The lowest BCUT2D eigenvalue weighted by Crippen LogP contribution is -2.12. The quantitative estimate of drug-likeness (QED) is 0.0501. The van der Waals surface area contributed by atoms with E-state index in [0.29, 0.717) is 0 Å². The van der Waals surface area contributed by atoms with Crippen molar-refractivity contribution >= 4 is 0 Å². The second-order valence-corrected chi connectivity index (χ2v) is 13.8. The van der Waals surface area contributed by atoms with Gasteiger partial charge >= 0.3 is 0 Å². The minimum atomic E-state index is 1.12. The van der Waals surface area contributed by atoms with E-state index in [1.165, 1.54) is 180 Å². The van der Waals surface area contributed by atoms with Crippen molar-refractivity contribution in [2.45, 2.75) is 200 Å². The van der Waals surface area contributed by atoms with Gasteiger partial charge in [0.05, 0.1) is 0 Å². The number of unbranched alkanes of at least 4 members (excludes halogenated alkanes) is 20. The standard InChI is InChI=1S/C44H81N/c1-5-7-9-11-13-15-17-19-21-23-25-27-29-31-33-36-40-44(42-38-35-39-43-45(3)4)41-37-34-32-30-28-26-24-22-20-18-16-14-12-10-8-6-2/h13-16,19-22,42H,5-12,17-18,23-41,43H2,1-4H3/b15-13-,16-14?,21-19-,22-20?,44-42?. The topological polar surface area (TPSA) is 3.24 Å². The van der Waals surface area contributed by atoms with Crippen molar-refractivity contribution in [2.24, 2.45) is 0 Å². The third-order valence-corrected chi connectivity index (χ3v) is 8.89. The Hall–Kier alpha value is -1.34. The molecule has 0 unspecified atom stereocenters. The molecule has 0 spiro atoms.